The molecule has 1 aliphatic rings. The number of piperidine rings is 1. The lowest BCUT2D eigenvalue weighted by Crippen LogP contribution is -2.39. The number of ether oxygens (including phenoxy) is 2. The lowest BCUT2D eigenvalue weighted by Gasteiger charge is -2.31. The summed E-state index contributed by atoms with van der Waals surface area (Å²) in [6.07, 6.45) is 1.55. The van der Waals surface area contributed by atoms with E-state index >= 15 is 0 Å². The molecule has 0 saturated carbocycles. The summed E-state index contributed by atoms with van der Waals surface area (Å²) < 4.78 is 10.7. The summed E-state index contributed by atoms with van der Waals surface area (Å²) in [7, 11) is 0. The topological polar surface area (TPSA) is 55.8 Å². The highest BCUT2D eigenvalue weighted by molar-refractivity contribution is 6.34. The van der Waals surface area contributed by atoms with Crippen LogP contribution in [0.5, 0.6) is 0 Å². The van der Waals surface area contributed by atoms with Crippen LogP contribution >= 0.6 is 23.2 Å². The Bertz CT molecular complexity index is 629. The van der Waals surface area contributed by atoms with Crippen LogP contribution in [-0.2, 0) is 20.9 Å². The third-order valence-electron chi connectivity index (χ3n) is 4.03. The monoisotopic (exact) mass is 401 g/mol. The third-order valence-corrected chi connectivity index (χ3v) is 4.47. The van der Waals surface area contributed by atoms with Crippen molar-refractivity contribution in [1.82, 2.24) is 4.90 Å². The van der Waals surface area contributed by atoms with E-state index in [0.717, 1.165) is 18.4 Å². The van der Waals surface area contributed by atoms with E-state index < -0.39 is 5.60 Å². The van der Waals surface area contributed by atoms with Gasteiger partial charge in [-0.3, -0.25) is 4.79 Å². The molecule has 0 aromatic heterocycles. The van der Waals surface area contributed by atoms with Gasteiger partial charge in [0.25, 0.3) is 0 Å². The predicted octanol–water partition coefficient (Wildman–Crippen LogP) is 5.07. The van der Waals surface area contributed by atoms with E-state index in [1.165, 1.54) is 0 Å². The Morgan fingerprint density at radius 2 is 1.69 bits per heavy atom. The molecule has 0 aliphatic carbocycles. The third kappa shape index (κ3) is 7.04. The van der Waals surface area contributed by atoms with E-state index in [-0.39, 0.29) is 24.6 Å². The first-order valence-corrected chi connectivity index (χ1v) is 9.46. The number of likely N-dealkylation sites (tertiary alicyclic amines) is 1. The van der Waals surface area contributed by atoms with Crippen LogP contribution in [0.25, 0.3) is 0 Å². The van der Waals surface area contributed by atoms with Crippen LogP contribution in [0.2, 0.25) is 10.0 Å². The zero-order valence-corrected chi connectivity index (χ0v) is 16.9. The fraction of sp³-hybridized carbons (Fsp3) is 0.579. The van der Waals surface area contributed by atoms with Crippen LogP contribution in [0.4, 0.5) is 4.79 Å². The molecule has 0 atom stereocenters. The van der Waals surface area contributed by atoms with Crippen molar-refractivity contribution >= 4 is 35.3 Å². The minimum absolute atomic E-state index is 0.122. The van der Waals surface area contributed by atoms with Crippen LogP contribution < -0.4 is 0 Å². The number of halogens is 2. The lowest BCUT2D eigenvalue weighted by molar-refractivity contribution is -0.156. The molecule has 1 saturated heterocycles. The highest BCUT2D eigenvalue weighted by Crippen LogP contribution is 2.24. The van der Waals surface area contributed by atoms with Crippen LogP contribution in [0, 0.1) is 5.92 Å². The molecule has 1 aromatic rings. The Balaban J connectivity index is 1.75. The largest absolute Gasteiger partial charge is 0.460 e. The summed E-state index contributed by atoms with van der Waals surface area (Å²) in [5.74, 6) is 0.0528. The normalized spacial score (nSPS) is 15.7. The Morgan fingerprint density at radius 1 is 1.12 bits per heavy atom. The van der Waals surface area contributed by atoms with Crippen LogP contribution in [0.1, 0.15) is 45.6 Å². The number of nitrogens with zero attached hydrogens (tertiary/aromatic N) is 1. The van der Waals surface area contributed by atoms with Crippen LogP contribution in [0.3, 0.4) is 0 Å². The molecule has 0 radical (unpaired) electrons. The van der Waals surface area contributed by atoms with Gasteiger partial charge in [-0.05, 0) is 63.3 Å². The maximum absolute atomic E-state index is 12.2. The second kappa shape index (κ2) is 8.96. The first-order chi connectivity index (χ1) is 12.1. The van der Waals surface area contributed by atoms with E-state index in [2.05, 4.69) is 0 Å². The van der Waals surface area contributed by atoms with E-state index in [0.29, 0.717) is 29.6 Å². The van der Waals surface area contributed by atoms with Crippen molar-refractivity contribution < 1.29 is 19.1 Å². The van der Waals surface area contributed by atoms with Crippen molar-refractivity contribution in [1.29, 1.82) is 0 Å². The van der Waals surface area contributed by atoms with Gasteiger partial charge in [-0.15, -0.1) is 0 Å². The van der Waals surface area contributed by atoms with Gasteiger partial charge in [0.2, 0.25) is 0 Å². The summed E-state index contributed by atoms with van der Waals surface area (Å²) in [5, 5.41) is 1.01. The Hall–Kier alpha value is -1.46. The zero-order valence-electron chi connectivity index (χ0n) is 15.4. The number of esters is 1. The number of hydrogen-bond acceptors (Lipinski definition) is 4. The minimum atomic E-state index is -0.467. The first kappa shape index (κ1) is 20.8. The maximum Gasteiger partial charge on any atom is 0.410 e. The smallest absolute Gasteiger partial charge is 0.410 e. The molecule has 0 N–H and O–H groups in total. The highest BCUT2D eigenvalue weighted by Gasteiger charge is 2.27. The summed E-state index contributed by atoms with van der Waals surface area (Å²) in [6.45, 7) is 6.84. The predicted molar refractivity (Wildman–Crippen MR) is 101 cm³/mol. The average molecular weight is 402 g/mol. The molecule has 144 valence electrons. The average Bonchev–Trinajstić information content (AvgIpc) is 2.50. The fourth-order valence-corrected chi connectivity index (χ4v) is 3.44. The summed E-state index contributed by atoms with van der Waals surface area (Å²) in [5.41, 5.74) is 0.279. The summed E-state index contributed by atoms with van der Waals surface area (Å²) in [6, 6.07) is 5.06. The van der Waals surface area contributed by atoms with Gasteiger partial charge in [0, 0.05) is 29.6 Å². The molecule has 1 aliphatic heterocycles. The van der Waals surface area contributed by atoms with Gasteiger partial charge in [0.1, 0.15) is 12.2 Å². The van der Waals surface area contributed by atoms with Gasteiger partial charge in [-0.25, -0.2) is 4.79 Å². The fourth-order valence-electron chi connectivity index (χ4n) is 2.87. The van der Waals surface area contributed by atoms with Gasteiger partial charge < -0.3 is 14.4 Å². The second-order valence-electron chi connectivity index (χ2n) is 7.55. The van der Waals surface area contributed by atoms with E-state index in [9.17, 15) is 9.59 Å². The molecular formula is C19H25Cl2NO4. The van der Waals surface area contributed by atoms with Gasteiger partial charge in [-0.1, -0.05) is 23.2 Å². The number of benzene rings is 1. The number of carbonyl (C=O) groups is 2. The molecule has 1 aromatic carbocycles. The Kier molecular flexibility index (Phi) is 7.18. The Labute approximate surface area is 164 Å². The molecule has 0 spiro atoms. The molecule has 0 unspecified atom stereocenters. The van der Waals surface area contributed by atoms with Crippen molar-refractivity contribution in [2.45, 2.75) is 52.2 Å². The maximum atomic E-state index is 12.2. The summed E-state index contributed by atoms with van der Waals surface area (Å²) >= 11 is 11.9. The molecule has 5 nitrogen and oxygen atoms in total. The summed E-state index contributed by atoms with van der Waals surface area (Å²) in [4.78, 5) is 25.8. The van der Waals surface area contributed by atoms with Crippen molar-refractivity contribution in [2.24, 2.45) is 5.92 Å². The molecule has 0 bridgehead atoms. The molecule has 1 fully saturated rings. The van der Waals surface area contributed by atoms with Crippen molar-refractivity contribution in [2.75, 3.05) is 13.1 Å². The van der Waals surface area contributed by atoms with Crippen molar-refractivity contribution in [3.8, 4) is 0 Å². The van der Waals surface area contributed by atoms with Gasteiger partial charge in [-0.2, -0.15) is 0 Å². The number of rotatable bonds is 4. The number of amides is 1. The molecular weight excluding hydrogens is 377 g/mol. The first-order valence-electron chi connectivity index (χ1n) is 8.71. The molecule has 7 heteroatoms. The van der Waals surface area contributed by atoms with Gasteiger partial charge in [0.05, 0.1) is 0 Å². The number of hydrogen-bond donors (Lipinski definition) is 0. The molecule has 1 heterocycles. The lowest BCUT2D eigenvalue weighted by atomic mass is 9.94. The van der Waals surface area contributed by atoms with Crippen molar-refractivity contribution in [3.05, 3.63) is 33.8 Å². The van der Waals surface area contributed by atoms with E-state index in [4.69, 9.17) is 32.7 Å². The zero-order chi connectivity index (χ0) is 19.3. The number of carbonyl (C=O) groups excluding carboxylic acids is 2. The highest BCUT2D eigenvalue weighted by atomic mass is 35.5. The van der Waals surface area contributed by atoms with E-state index in [1.54, 1.807) is 23.1 Å². The van der Waals surface area contributed by atoms with Gasteiger partial charge >= 0.3 is 12.1 Å². The standard InChI is InChI=1S/C19H25Cl2NO4/c1-19(2,3)26-17(23)10-13-4-6-22(7-5-13)18(24)25-12-14-8-15(20)11-16(21)9-14/h8-9,11,13H,4-7,10,12H2,1-3H3. The van der Waals surface area contributed by atoms with Crippen LogP contribution in [-0.4, -0.2) is 35.7 Å². The molecule has 1 amide bonds. The molecule has 26 heavy (non-hydrogen) atoms. The quantitative estimate of drug-likeness (QED) is 0.660. The van der Waals surface area contributed by atoms with E-state index in [1.807, 2.05) is 20.8 Å². The molecule has 2 rings (SSSR count). The minimum Gasteiger partial charge on any atom is -0.460 e. The van der Waals surface area contributed by atoms with Crippen LogP contribution in [0.15, 0.2) is 18.2 Å². The Morgan fingerprint density at radius 3 is 2.23 bits per heavy atom. The van der Waals surface area contributed by atoms with Crippen molar-refractivity contribution in [3.63, 3.8) is 0 Å². The second-order valence-corrected chi connectivity index (χ2v) is 8.43. The van der Waals surface area contributed by atoms with Gasteiger partial charge in [0.15, 0.2) is 0 Å². The SMILES string of the molecule is CC(C)(C)OC(=O)CC1CCN(C(=O)OCc2cc(Cl)cc(Cl)c2)CC1.